The minimum absolute atomic E-state index is 0.144. The third-order valence-electron chi connectivity index (χ3n) is 3.73. The Morgan fingerprint density at radius 1 is 1.04 bits per heavy atom. The number of guanidine groups is 1. The summed E-state index contributed by atoms with van der Waals surface area (Å²) in [5.74, 6) is -0.410. The van der Waals surface area contributed by atoms with Crippen molar-refractivity contribution in [2.45, 2.75) is 13.1 Å². The van der Waals surface area contributed by atoms with E-state index in [9.17, 15) is 8.78 Å². The number of methoxy groups -OCH3 is 1. The highest BCUT2D eigenvalue weighted by atomic mass is 19.1. The van der Waals surface area contributed by atoms with Crippen molar-refractivity contribution in [3.63, 3.8) is 0 Å². The zero-order valence-electron chi connectivity index (χ0n) is 15.0. The molecule has 0 unspecified atom stereocenters. The van der Waals surface area contributed by atoms with Gasteiger partial charge in [0.2, 0.25) is 0 Å². The number of rotatable bonds is 8. The molecular weight excluding hydrogens is 338 g/mol. The van der Waals surface area contributed by atoms with Crippen LogP contribution in [-0.4, -0.2) is 33.3 Å². The lowest BCUT2D eigenvalue weighted by Gasteiger charge is -2.13. The van der Waals surface area contributed by atoms with Crippen LogP contribution in [0.25, 0.3) is 0 Å². The molecule has 0 saturated carbocycles. The first kappa shape index (κ1) is 19.7. The van der Waals surface area contributed by atoms with Crippen LogP contribution >= 0.6 is 0 Å². The van der Waals surface area contributed by atoms with Crippen molar-refractivity contribution in [1.82, 2.24) is 10.6 Å². The molecule has 0 spiro atoms. The maximum atomic E-state index is 13.6. The lowest BCUT2D eigenvalue weighted by atomic mass is 10.2. The number of nitrogens with zero attached hydrogens (tertiary/aromatic N) is 1. The minimum atomic E-state index is -0.467. The molecule has 0 heterocycles. The number of hydrogen-bond acceptors (Lipinski definition) is 3. The average molecular weight is 362 g/mol. The van der Waals surface area contributed by atoms with Gasteiger partial charge in [0, 0.05) is 45.0 Å². The van der Waals surface area contributed by atoms with Gasteiger partial charge < -0.3 is 20.7 Å². The Kier molecular flexibility index (Phi) is 7.82. The van der Waals surface area contributed by atoms with E-state index < -0.39 is 11.6 Å². The number of benzene rings is 2. The van der Waals surface area contributed by atoms with Crippen LogP contribution in [0.1, 0.15) is 11.1 Å². The smallest absolute Gasteiger partial charge is 0.191 e. The van der Waals surface area contributed by atoms with Crippen molar-refractivity contribution in [2.24, 2.45) is 4.99 Å². The minimum Gasteiger partial charge on any atom is -0.383 e. The van der Waals surface area contributed by atoms with Crippen LogP contribution in [0.5, 0.6) is 0 Å². The summed E-state index contributed by atoms with van der Waals surface area (Å²) in [6.07, 6.45) is 0. The van der Waals surface area contributed by atoms with Gasteiger partial charge in [-0.05, 0) is 35.9 Å². The summed E-state index contributed by atoms with van der Waals surface area (Å²) in [7, 11) is 3.29. The first-order valence-electron chi connectivity index (χ1n) is 8.32. The van der Waals surface area contributed by atoms with Crippen molar-refractivity contribution in [2.75, 3.05) is 32.6 Å². The van der Waals surface area contributed by atoms with Gasteiger partial charge >= 0.3 is 0 Å². The summed E-state index contributed by atoms with van der Waals surface area (Å²) in [5, 5.41) is 9.37. The SMILES string of the molecule is CN=C(NCc1ccc(NCCOC)cc1)NCc1cc(F)ccc1F. The predicted octanol–water partition coefficient (Wildman–Crippen LogP) is 2.89. The van der Waals surface area contributed by atoms with E-state index in [2.05, 4.69) is 20.9 Å². The fraction of sp³-hybridized carbons (Fsp3) is 0.316. The monoisotopic (exact) mass is 362 g/mol. The molecule has 0 aromatic heterocycles. The van der Waals surface area contributed by atoms with Crippen LogP contribution in [-0.2, 0) is 17.8 Å². The molecule has 0 fully saturated rings. The van der Waals surface area contributed by atoms with Crippen molar-refractivity contribution in [3.05, 3.63) is 65.2 Å². The zero-order valence-corrected chi connectivity index (χ0v) is 15.0. The molecule has 2 aromatic carbocycles. The molecule has 26 heavy (non-hydrogen) atoms. The van der Waals surface area contributed by atoms with E-state index in [0.717, 1.165) is 29.9 Å². The fourth-order valence-corrected chi connectivity index (χ4v) is 2.30. The molecule has 0 aliphatic rings. The lowest BCUT2D eigenvalue weighted by Crippen LogP contribution is -2.36. The Morgan fingerprint density at radius 2 is 1.77 bits per heavy atom. The van der Waals surface area contributed by atoms with Gasteiger partial charge in [-0.15, -0.1) is 0 Å². The molecule has 0 radical (unpaired) electrons. The van der Waals surface area contributed by atoms with E-state index in [4.69, 9.17) is 4.74 Å². The zero-order chi connectivity index (χ0) is 18.8. The third kappa shape index (κ3) is 6.33. The summed E-state index contributed by atoms with van der Waals surface area (Å²) in [4.78, 5) is 4.09. The van der Waals surface area contributed by atoms with Crippen LogP contribution < -0.4 is 16.0 Å². The summed E-state index contributed by atoms with van der Waals surface area (Å²) >= 11 is 0. The standard InChI is InChI=1S/C19H24F2N4O/c1-22-19(25-13-15-11-16(20)5-8-18(15)21)24-12-14-3-6-17(7-4-14)23-9-10-26-2/h3-8,11,23H,9-10,12-13H2,1-2H3,(H2,22,24,25). The Labute approximate surface area is 152 Å². The van der Waals surface area contributed by atoms with Crippen molar-refractivity contribution >= 4 is 11.6 Å². The number of halogens is 2. The molecule has 2 rings (SSSR count). The Hall–Kier alpha value is -2.67. The first-order chi connectivity index (χ1) is 12.6. The molecule has 0 bridgehead atoms. The van der Waals surface area contributed by atoms with Gasteiger partial charge in [-0.25, -0.2) is 8.78 Å². The van der Waals surface area contributed by atoms with Gasteiger partial charge in [0.1, 0.15) is 11.6 Å². The molecule has 7 heteroatoms. The highest BCUT2D eigenvalue weighted by Crippen LogP contribution is 2.10. The maximum absolute atomic E-state index is 13.6. The number of anilines is 1. The highest BCUT2D eigenvalue weighted by molar-refractivity contribution is 5.79. The van der Waals surface area contributed by atoms with Crippen LogP contribution in [0.15, 0.2) is 47.5 Å². The van der Waals surface area contributed by atoms with E-state index in [1.165, 1.54) is 6.07 Å². The molecule has 3 N–H and O–H groups in total. The molecule has 0 saturated heterocycles. The summed E-state index contributed by atoms with van der Waals surface area (Å²) in [6, 6.07) is 11.4. The van der Waals surface area contributed by atoms with Gasteiger partial charge in [0.25, 0.3) is 0 Å². The average Bonchev–Trinajstić information content (AvgIpc) is 2.66. The molecule has 140 valence electrons. The number of hydrogen-bond donors (Lipinski definition) is 3. The van der Waals surface area contributed by atoms with Crippen LogP contribution in [0.3, 0.4) is 0 Å². The number of aliphatic imine (C=N–C) groups is 1. The number of ether oxygens (including phenoxy) is 1. The van der Waals surface area contributed by atoms with Crippen molar-refractivity contribution in [1.29, 1.82) is 0 Å². The maximum Gasteiger partial charge on any atom is 0.191 e. The molecule has 0 aliphatic heterocycles. The third-order valence-corrected chi connectivity index (χ3v) is 3.73. The topological polar surface area (TPSA) is 57.7 Å². The van der Waals surface area contributed by atoms with Gasteiger partial charge in [-0.2, -0.15) is 0 Å². The second-order valence-electron chi connectivity index (χ2n) is 5.63. The van der Waals surface area contributed by atoms with E-state index >= 15 is 0 Å². The lowest BCUT2D eigenvalue weighted by molar-refractivity contribution is 0.211. The Bertz CT molecular complexity index is 720. The molecule has 0 atom stereocenters. The fourth-order valence-electron chi connectivity index (χ4n) is 2.30. The van der Waals surface area contributed by atoms with Crippen LogP contribution in [0, 0.1) is 11.6 Å². The number of nitrogens with one attached hydrogen (secondary N) is 3. The molecule has 0 amide bonds. The first-order valence-corrected chi connectivity index (χ1v) is 8.32. The van der Waals surface area contributed by atoms with E-state index in [1.54, 1.807) is 14.2 Å². The van der Waals surface area contributed by atoms with E-state index in [0.29, 0.717) is 19.1 Å². The Morgan fingerprint density at radius 3 is 2.46 bits per heavy atom. The van der Waals surface area contributed by atoms with Crippen molar-refractivity contribution in [3.8, 4) is 0 Å². The Balaban J connectivity index is 1.82. The van der Waals surface area contributed by atoms with Gasteiger partial charge in [0.15, 0.2) is 5.96 Å². The normalized spacial score (nSPS) is 11.3. The molecule has 2 aromatic rings. The summed E-state index contributed by atoms with van der Waals surface area (Å²) in [5.41, 5.74) is 2.34. The van der Waals surface area contributed by atoms with Crippen LogP contribution in [0.4, 0.5) is 14.5 Å². The highest BCUT2D eigenvalue weighted by Gasteiger charge is 2.05. The largest absolute Gasteiger partial charge is 0.383 e. The van der Waals surface area contributed by atoms with Gasteiger partial charge in [-0.1, -0.05) is 12.1 Å². The van der Waals surface area contributed by atoms with Gasteiger partial charge in [-0.3, -0.25) is 4.99 Å². The second kappa shape index (κ2) is 10.4. The molecule has 5 nitrogen and oxygen atoms in total. The van der Waals surface area contributed by atoms with Crippen molar-refractivity contribution < 1.29 is 13.5 Å². The quantitative estimate of drug-likeness (QED) is 0.384. The second-order valence-corrected chi connectivity index (χ2v) is 5.63. The van der Waals surface area contributed by atoms with E-state index in [-0.39, 0.29) is 12.1 Å². The summed E-state index contributed by atoms with van der Waals surface area (Å²) in [6.45, 7) is 2.10. The van der Waals surface area contributed by atoms with Gasteiger partial charge in [0.05, 0.1) is 6.61 Å². The van der Waals surface area contributed by atoms with E-state index in [1.807, 2.05) is 24.3 Å². The summed E-state index contributed by atoms with van der Waals surface area (Å²) < 4.78 is 31.8. The predicted molar refractivity (Wildman–Crippen MR) is 100 cm³/mol. The molecule has 0 aliphatic carbocycles. The molecular formula is C19H24F2N4O. The van der Waals surface area contributed by atoms with Crippen LogP contribution in [0.2, 0.25) is 0 Å².